The lowest BCUT2D eigenvalue weighted by atomic mass is 9.64. The highest BCUT2D eigenvalue weighted by atomic mass is 35.5. The summed E-state index contributed by atoms with van der Waals surface area (Å²) in [7, 11) is 0. The molecule has 1 heterocycles. The zero-order valence-corrected chi connectivity index (χ0v) is 14.0. The van der Waals surface area contributed by atoms with E-state index in [9.17, 15) is 9.18 Å². The maximum atomic E-state index is 13.1. The summed E-state index contributed by atoms with van der Waals surface area (Å²) in [5.74, 6) is -0.324. The highest BCUT2D eigenvalue weighted by Crippen LogP contribution is 2.43. The van der Waals surface area contributed by atoms with E-state index in [1.165, 1.54) is 12.1 Å². The number of benzene rings is 1. The second-order valence-corrected chi connectivity index (χ2v) is 6.59. The summed E-state index contributed by atoms with van der Waals surface area (Å²) in [6, 6.07) is 6.63. The van der Waals surface area contributed by atoms with Gasteiger partial charge in [-0.15, -0.1) is 12.4 Å². The molecule has 1 amide bonds. The number of rotatable bonds is 4. The number of hydrogen-bond acceptors (Lipinski definition) is 3. The van der Waals surface area contributed by atoms with E-state index >= 15 is 0 Å². The average molecular weight is 343 g/mol. The zero-order chi connectivity index (χ0) is 15.6. The molecule has 0 bridgehead atoms. The summed E-state index contributed by atoms with van der Waals surface area (Å²) in [6.45, 7) is 1.64. The molecule has 3 rings (SSSR count). The van der Waals surface area contributed by atoms with Crippen LogP contribution in [0.3, 0.4) is 0 Å². The van der Waals surface area contributed by atoms with Crippen LogP contribution in [0.1, 0.15) is 37.7 Å². The minimum atomic E-state index is -0.814. The van der Waals surface area contributed by atoms with Gasteiger partial charge in [-0.3, -0.25) is 4.79 Å². The first-order chi connectivity index (χ1) is 10.5. The highest BCUT2D eigenvalue weighted by Gasteiger charge is 2.41. The molecule has 0 atom stereocenters. The monoisotopic (exact) mass is 342 g/mol. The van der Waals surface area contributed by atoms with E-state index in [4.69, 9.17) is 10.5 Å². The minimum Gasteiger partial charge on any atom is -0.381 e. The van der Waals surface area contributed by atoms with Gasteiger partial charge in [0.15, 0.2) is 0 Å². The molecule has 0 aromatic heterocycles. The Bertz CT molecular complexity index is 540. The van der Waals surface area contributed by atoms with Crippen molar-refractivity contribution < 1.29 is 13.9 Å². The summed E-state index contributed by atoms with van der Waals surface area (Å²) in [5, 5.41) is 3.04. The lowest BCUT2D eigenvalue weighted by Crippen LogP contribution is -2.59. The van der Waals surface area contributed by atoms with E-state index in [1.54, 1.807) is 0 Å². The molecule has 2 aliphatic rings. The number of hydrogen-bond donors (Lipinski definition) is 2. The molecule has 0 radical (unpaired) electrons. The van der Waals surface area contributed by atoms with Crippen LogP contribution in [0.5, 0.6) is 0 Å². The molecule has 1 saturated heterocycles. The molecule has 4 nitrogen and oxygen atoms in total. The van der Waals surface area contributed by atoms with Crippen LogP contribution in [0.2, 0.25) is 0 Å². The van der Waals surface area contributed by atoms with Crippen LogP contribution in [-0.2, 0) is 14.9 Å². The Balaban J connectivity index is 0.00000192. The van der Waals surface area contributed by atoms with Crippen molar-refractivity contribution in [2.45, 2.75) is 43.1 Å². The smallest absolute Gasteiger partial charge is 0.240 e. The van der Waals surface area contributed by atoms with Crippen molar-refractivity contribution in [3.8, 4) is 0 Å². The van der Waals surface area contributed by atoms with Gasteiger partial charge in [0.05, 0.1) is 5.54 Å². The fourth-order valence-corrected chi connectivity index (χ4v) is 3.36. The molecule has 23 heavy (non-hydrogen) atoms. The summed E-state index contributed by atoms with van der Waals surface area (Å²) in [4.78, 5) is 12.4. The van der Waals surface area contributed by atoms with E-state index in [0.717, 1.165) is 24.8 Å². The van der Waals surface area contributed by atoms with E-state index < -0.39 is 5.54 Å². The van der Waals surface area contributed by atoms with Crippen molar-refractivity contribution in [3.05, 3.63) is 35.6 Å². The highest BCUT2D eigenvalue weighted by molar-refractivity contribution is 5.86. The average Bonchev–Trinajstić information content (AvgIpc) is 2.48. The van der Waals surface area contributed by atoms with E-state index in [0.29, 0.717) is 32.6 Å². The van der Waals surface area contributed by atoms with Crippen molar-refractivity contribution in [1.29, 1.82) is 0 Å². The quantitative estimate of drug-likeness (QED) is 0.882. The third kappa shape index (κ3) is 3.67. The normalized spacial score (nSPS) is 21.7. The largest absolute Gasteiger partial charge is 0.381 e. The summed E-state index contributed by atoms with van der Waals surface area (Å²) >= 11 is 0. The van der Waals surface area contributed by atoms with Crippen LogP contribution >= 0.6 is 12.4 Å². The van der Waals surface area contributed by atoms with E-state index in [-0.39, 0.29) is 29.5 Å². The van der Waals surface area contributed by atoms with Crippen LogP contribution in [-0.4, -0.2) is 31.2 Å². The minimum absolute atomic E-state index is 0. The molecule has 1 aliphatic carbocycles. The van der Waals surface area contributed by atoms with Crippen LogP contribution < -0.4 is 11.1 Å². The van der Waals surface area contributed by atoms with Gasteiger partial charge in [-0.1, -0.05) is 18.6 Å². The topological polar surface area (TPSA) is 64.4 Å². The van der Waals surface area contributed by atoms with E-state index in [1.807, 2.05) is 12.1 Å². The van der Waals surface area contributed by atoms with Crippen LogP contribution in [0.25, 0.3) is 0 Å². The molecule has 6 heteroatoms. The molecule has 0 unspecified atom stereocenters. The Hall–Kier alpha value is -1.17. The molecule has 1 aromatic rings. The van der Waals surface area contributed by atoms with Gasteiger partial charge < -0.3 is 15.8 Å². The van der Waals surface area contributed by atoms with Crippen molar-refractivity contribution in [2.75, 3.05) is 19.8 Å². The fourth-order valence-electron chi connectivity index (χ4n) is 3.36. The Labute approximate surface area is 142 Å². The van der Waals surface area contributed by atoms with Crippen LogP contribution in [0, 0.1) is 5.82 Å². The molecule has 1 aliphatic heterocycles. The van der Waals surface area contributed by atoms with Crippen molar-refractivity contribution in [1.82, 2.24) is 5.32 Å². The molecule has 1 saturated carbocycles. The summed E-state index contributed by atoms with van der Waals surface area (Å²) in [5.41, 5.74) is 6.43. The van der Waals surface area contributed by atoms with Crippen LogP contribution in [0.15, 0.2) is 24.3 Å². The van der Waals surface area contributed by atoms with Gasteiger partial charge in [0.2, 0.25) is 5.91 Å². The number of carbonyl (C=O) groups excluding carboxylic acids is 1. The first-order valence-electron chi connectivity index (χ1n) is 7.95. The second kappa shape index (κ2) is 7.16. The van der Waals surface area contributed by atoms with Gasteiger partial charge in [0.1, 0.15) is 5.82 Å². The molecule has 0 spiro atoms. The third-order valence-electron chi connectivity index (χ3n) is 5.19. The number of carbonyl (C=O) groups is 1. The molecule has 128 valence electrons. The van der Waals surface area contributed by atoms with Gasteiger partial charge in [-0.25, -0.2) is 4.39 Å². The maximum Gasteiger partial charge on any atom is 0.240 e. The lowest BCUT2D eigenvalue weighted by Gasteiger charge is -2.43. The molecular weight excluding hydrogens is 319 g/mol. The predicted octanol–water partition coefficient (Wildman–Crippen LogP) is 2.29. The molecular formula is C17H24ClFN2O2. The number of nitrogens with two attached hydrogens (primary N) is 1. The fraction of sp³-hybridized carbons (Fsp3) is 0.588. The first-order valence-corrected chi connectivity index (χ1v) is 7.95. The van der Waals surface area contributed by atoms with Crippen molar-refractivity contribution in [2.24, 2.45) is 5.73 Å². The molecule has 1 aromatic carbocycles. The number of amides is 1. The molecule has 2 fully saturated rings. The molecule has 3 N–H and O–H groups in total. The SMILES string of the molecule is Cl.NC1(C(=O)NCC2(c3ccc(F)cc3)CCC2)CCOCC1. The number of ether oxygens (including phenoxy) is 1. The Kier molecular flexibility index (Phi) is 5.65. The Morgan fingerprint density at radius 3 is 2.30 bits per heavy atom. The zero-order valence-electron chi connectivity index (χ0n) is 13.1. The van der Waals surface area contributed by atoms with E-state index in [2.05, 4.69) is 5.32 Å². The number of nitrogens with one attached hydrogen (secondary N) is 1. The summed E-state index contributed by atoms with van der Waals surface area (Å²) in [6.07, 6.45) is 4.28. The number of halogens is 2. The van der Waals surface area contributed by atoms with Gasteiger partial charge in [0.25, 0.3) is 0 Å². The Morgan fingerprint density at radius 1 is 1.17 bits per heavy atom. The van der Waals surface area contributed by atoms with Crippen LogP contribution in [0.4, 0.5) is 4.39 Å². The lowest BCUT2D eigenvalue weighted by molar-refractivity contribution is -0.130. The van der Waals surface area contributed by atoms with Gasteiger partial charge in [-0.2, -0.15) is 0 Å². The third-order valence-corrected chi connectivity index (χ3v) is 5.19. The second-order valence-electron chi connectivity index (χ2n) is 6.59. The van der Waals surface area contributed by atoms with Gasteiger partial charge in [-0.05, 0) is 43.4 Å². The first kappa shape index (κ1) is 18.2. The van der Waals surface area contributed by atoms with Crippen molar-refractivity contribution >= 4 is 18.3 Å². The van der Waals surface area contributed by atoms with Crippen molar-refractivity contribution in [3.63, 3.8) is 0 Å². The van der Waals surface area contributed by atoms with Gasteiger partial charge >= 0.3 is 0 Å². The summed E-state index contributed by atoms with van der Waals surface area (Å²) < 4.78 is 18.4. The van der Waals surface area contributed by atoms with Gasteiger partial charge in [0, 0.05) is 25.2 Å². The standard InChI is InChI=1S/C17H23FN2O2.ClH/c18-14-4-2-13(3-5-14)16(6-1-7-16)12-20-15(21)17(19)8-10-22-11-9-17;/h2-5H,1,6-12,19H2,(H,20,21);1H. The predicted molar refractivity (Wildman–Crippen MR) is 89.2 cm³/mol. The Morgan fingerprint density at radius 2 is 1.78 bits per heavy atom. The maximum absolute atomic E-state index is 13.1.